The lowest BCUT2D eigenvalue weighted by molar-refractivity contribution is 0.0927. The molecule has 0 atom stereocenters. The Morgan fingerprint density at radius 3 is 2.46 bits per heavy atom. The first kappa shape index (κ1) is 21.0. The summed E-state index contributed by atoms with van der Waals surface area (Å²) in [4.78, 5) is 12.7. The molecule has 1 aliphatic rings. The van der Waals surface area contributed by atoms with Gasteiger partial charge in [0.2, 0.25) is 0 Å². The summed E-state index contributed by atoms with van der Waals surface area (Å²) in [5.41, 5.74) is 1.25. The molecule has 1 aliphatic carbocycles. The van der Waals surface area contributed by atoms with Crippen LogP contribution in [0.4, 0.5) is 5.69 Å². The Bertz CT molecular complexity index is 987. The van der Waals surface area contributed by atoms with Crippen molar-refractivity contribution in [2.45, 2.75) is 50.0 Å². The van der Waals surface area contributed by atoms with Gasteiger partial charge in [0.1, 0.15) is 0 Å². The van der Waals surface area contributed by atoms with E-state index in [1.165, 1.54) is 30.7 Å². The molecule has 5 nitrogen and oxygen atoms in total. The van der Waals surface area contributed by atoms with Crippen LogP contribution in [0.15, 0.2) is 41.3 Å². The van der Waals surface area contributed by atoms with Crippen molar-refractivity contribution in [3.8, 4) is 0 Å². The summed E-state index contributed by atoms with van der Waals surface area (Å²) in [5, 5.41) is 3.62. The van der Waals surface area contributed by atoms with Crippen LogP contribution in [-0.4, -0.2) is 20.4 Å². The highest BCUT2D eigenvalue weighted by atomic mass is 35.5. The smallest absolute Gasteiger partial charge is 0.261 e. The van der Waals surface area contributed by atoms with E-state index < -0.39 is 10.0 Å². The fourth-order valence-corrected chi connectivity index (χ4v) is 4.79. The standard InChI is InChI=1S/C20H22Cl2N2O3S/c1-13-7-9-16(12-17(13)20(25)23-15-5-3-2-4-6-15)28(26,27)24-19-11-14(21)8-10-18(19)22/h7-12,15,24H,2-6H2,1H3,(H,23,25). The van der Waals surface area contributed by atoms with Crippen LogP contribution in [0.5, 0.6) is 0 Å². The molecule has 2 aromatic rings. The van der Waals surface area contributed by atoms with Gasteiger partial charge in [-0.15, -0.1) is 0 Å². The van der Waals surface area contributed by atoms with Crippen molar-refractivity contribution in [2.75, 3.05) is 4.72 Å². The van der Waals surface area contributed by atoms with Gasteiger partial charge in [-0.2, -0.15) is 0 Å². The minimum absolute atomic E-state index is 0.0112. The number of sulfonamides is 1. The van der Waals surface area contributed by atoms with E-state index in [1.54, 1.807) is 19.1 Å². The zero-order chi connectivity index (χ0) is 20.3. The van der Waals surface area contributed by atoms with Gasteiger partial charge in [0.05, 0.1) is 15.6 Å². The van der Waals surface area contributed by atoms with E-state index >= 15 is 0 Å². The van der Waals surface area contributed by atoms with E-state index in [4.69, 9.17) is 23.2 Å². The molecule has 0 unspecified atom stereocenters. The molecule has 0 bridgehead atoms. The molecular weight excluding hydrogens is 419 g/mol. The number of anilines is 1. The predicted octanol–water partition coefficient (Wildman–Crippen LogP) is 5.17. The fourth-order valence-electron chi connectivity index (χ4n) is 3.30. The van der Waals surface area contributed by atoms with Crippen LogP contribution in [0, 0.1) is 6.92 Å². The lowest BCUT2D eigenvalue weighted by Gasteiger charge is -2.23. The number of carbonyl (C=O) groups excluding carboxylic acids is 1. The van der Waals surface area contributed by atoms with Gasteiger partial charge in [0, 0.05) is 16.6 Å². The first-order valence-electron chi connectivity index (χ1n) is 9.15. The molecule has 2 N–H and O–H groups in total. The molecule has 0 radical (unpaired) electrons. The number of rotatable bonds is 5. The minimum Gasteiger partial charge on any atom is -0.349 e. The molecule has 1 saturated carbocycles. The van der Waals surface area contributed by atoms with E-state index in [0.717, 1.165) is 25.7 Å². The molecule has 3 rings (SSSR count). The van der Waals surface area contributed by atoms with E-state index in [2.05, 4.69) is 10.0 Å². The predicted molar refractivity (Wildman–Crippen MR) is 113 cm³/mol. The molecule has 0 spiro atoms. The van der Waals surface area contributed by atoms with Crippen molar-refractivity contribution in [1.82, 2.24) is 5.32 Å². The number of halogens is 2. The van der Waals surface area contributed by atoms with Crippen molar-refractivity contribution >= 4 is 44.8 Å². The van der Waals surface area contributed by atoms with Crippen LogP contribution in [0.2, 0.25) is 10.0 Å². The molecule has 0 aromatic heterocycles. The Kier molecular flexibility index (Phi) is 6.53. The summed E-state index contributed by atoms with van der Waals surface area (Å²) in [7, 11) is -3.93. The Morgan fingerprint density at radius 1 is 1.04 bits per heavy atom. The second-order valence-electron chi connectivity index (χ2n) is 7.01. The third-order valence-electron chi connectivity index (χ3n) is 4.88. The van der Waals surface area contributed by atoms with E-state index in [0.29, 0.717) is 16.1 Å². The molecule has 0 saturated heterocycles. The van der Waals surface area contributed by atoms with Gasteiger partial charge in [0.25, 0.3) is 15.9 Å². The number of aryl methyl sites for hydroxylation is 1. The Balaban J connectivity index is 1.84. The number of nitrogens with one attached hydrogen (secondary N) is 2. The van der Waals surface area contributed by atoms with Crippen molar-refractivity contribution in [3.63, 3.8) is 0 Å². The molecule has 1 amide bonds. The van der Waals surface area contributed by atoms with Gasteiger partial charge in [-0.05, 0) is 55.7 Å². The molecule has 28 heavy (non-hydrogen) atoms. The van der Waals surface area contributed by atoms with Crippen LogP contribution in [0.1, 0.15) is 48.0 Å². The Morgan fingerprint density at radius 2 is 1.75 bits per heavy atom. The van der Waals surface area contributed by atoms with Crippen LogP contribution in [0.3, 0.4) is 0 Å². The van der Waals surface area contributed by atoms with Crippen LogP contribution in [-0.2, 0) is 10.0 Å². The van der Waals surface area contributed by atoms with Gasteiger partial charge in [-0.1, -0.05) is 48.5 Å². The fraction of sp³-hybridized carbons (Fsp3) is 0.350. The SMILES string of the molecule is Cc1ccc(S(=O)(=O)Nc2cc(Cl)ccc2Cl)cc1C(=O)NC1CCCCC1. The summed E-state index contributed by atoms with van der Waals surface area (Å²) in [6.45, 7) is 1.79. The highest BCUT2D eigenvalue weighted by Gasteiger charge is 2.21. The Hall–Kier alpha value is -1.76. The van der Waals surface area contributed by atoms with Crippen molar-refractivity contribution in [2.24, 2.45) is 0 Å². The van der Waals surface area contributed by atoms with Gasteiger partial charge < -0.3 is 5.32 Å². The topological polar surface area (TPSA) is 75.3 Å². The van der Waals surface area contributed by atoms with E-state index in [1.807, 2.05) is 0 Å². The minimum atomic E-state index is -3.93. The maximum absolute atomic E-state index is 12.8. The average molecular weight is 441 g/mol. The number of benzene rings is 2. The van der Waals surface area contributed by atoms with Crippen LogP contribution in [0.25, 0.3) is 0 Å². The summed E-state index contributed by atoms with van der Waals surface area (Å²) in [6.07, 6.45) is 5.30. The van der Waals surface area contributed by atoms with E-state index in [9.17, 15) is 13.2 Å². The monoisotopic (exact) mass is 440 g/mol. The van der Waals surface area contributed by atoms with Gasteiger partial charge in [-0.3, -0.25) is 9.52 Å². The molecule has 150 valence electrons. The highest BCUT2D eigenvalue weighted by Crippen LogP contribution is 2.28. The number of carbonyl (C=O) groups is 1. The summed E-state index contributed by atoms with van der Waals surface area (Å²) in [5.74, 6) is -0.248. The summed E-state index contributed by atoms with van der Waals surface area (Å²) >= 11 is 12.0. The zero-order valence-corrected chi connectivity index (χ0v) is 17.8. The van der Waals surface area contributed by atoms with Gasteiger partial charge in [-0.25, -0.2) is 8.42 Å². The van der Waals surface area contributed by atoms with Crippen molar-refractivity contribution in [1.29, 1.82) is 0 Å². The summed E-state index contributed by atoms with van der Waals surface area (Å²) < 4.78 is 28.0. The van der Waals surface area contributed by atoms with E-state index in [-0.39, 0.29) is 27.6 Å². The van der Waals surface area contributed by atoms with Crippen LogP contribution < -0.4 is 10.0 Å². The molecule has 0 heterocycles. The molecular formula is C20H22Cl2N2O3S. The highest BCUT2D eigenvalue weighted by molar-refractivity contribution is 7.92. The number of amides is 1. The van der Waals surface area contributed by atoms with Crippen molar-refractivity contribution in [3.05, 3.63) is 57.6 Å². The first-order chi connectivity index (χ1) is 13.3. The third-order valence-corrected chi connectivity index (χ3v) is 6.80. The van der Waals surface area contributed by atoms with Gasteiger partial charge in [0.15, 0.2) is 0 Å². The van der Waals surface area contributed by atoms with Gasteiger partial charge >= 0.3 is 0 Å². The lowest BCUT2D eigenvalue weighted by atomic mass is 9.95. The molecule has 2 aromatic carbocycles. The average Bonchev–Trinajstić information content (AvgIpc) is 2.65. The maximum atomic E-state index is 12.8. The molecule has 0 aliphatic heterocycles. The molecule has 1 fully saturated rings. The third kappa shape index (κ3) is 4.99. The molecule has 8 heteroatoms. The number of hydrogen-bond acceptors (Lipinski definition) is 3. The Labute approximate surface area is 175 Å². The second kappa shape index (κ2) is 8.72. The van der Waals surface area contributed by atoms with Crippen molar-refractivity contribution < 1.29 is 13.2 Å². The normalized spacial score (nSPS) is 15.2. The second-order valence-corrected chi connectivity index (χ2v) is 9.54. The quantitative estimate of drug-likeness (QED) is 0.673. The number of hydrogen-bond donors (Lipinski definition) is 2. The first-order valence-corrected chi connectivity index (χ1v) is 11.4. The summed E-state index contributed by atoms with van der Waals surface area (Å²) in [6, 6.07) is 9.16. The van der Waals surface area contributed by atoms with Crippen LogP contribution >= 0.6 is 23.2 Å². The largest absolute Gasteiger partial charge is 0.349 e. The maximum Gasteiger partial charge on any atom is 0.261 e. The lowest BCUT2D eigenvalue weighted by Crippen LogP contribution is -2.36. The zero-order valence-electron chi connectivity index (χ0n) is 15.5.